The third kappa shape index (κ3) is 9.40. The van der Waals surface area contributed by atoms with Crippen LogP contribution in [0, 0.1) is 5.92 Å². The van der Waals surface area contributed by atoms with E-state index in [1.807, 2.05) is 18.9 Å². The topological polar surface area (TPSA) is 94.6 Å². The molecule has 2 aliphatic rings. The van der Waals surface area contributed by atoms with Gasteiger partial charge in [0.2, 0.25) is 11.8 Å². The molecule has 0 unspecified atom stereocenters. The molecule has 1 saturated heterocycles. The fourth-order valence-corrected chi connectivity index (χ4v) is 5.52. The highest BCUT2D eigenvalue weighted by atomic mass is 19.4. The minimum Gasteiger partial charge on any atom is -0.488 e. The normalized spacial score (nSPS) is 20.7. The van der Waals surface area contributed by atoms with Crippen LogP contribution in [0.4, 0.5) is 18.9 Å². The number of aliphatic hydroxyl groups is 1. The third-order valence-corrected chi connectivity index (χ3v) is 8.18. The van der Waals surface area contributed by atoms with E-state index in [1.54, 1.807) is 30.0 Å². The highest BCUT2D eigenvalue weighted by Gasteiger charge is 2.32. The van der Waals surface area contributed by atoms with Crippen LogP contribution in [0.3, 0.4) is 0 Å². The maximum absolute atomic E-state index is 13.5. The summed E-state index contributed by atoms with van der Waals surface area (Å²) in [6.45, 7) is 8.35. The van der Waals surface area contributed by atoms with Crippen LogP contribution in [0.1, 0.15) is 37.0 Å². The number of nitrogens with one attached hydrogen (secondary N) is 1. The number of amides is 2. The Morgan fingerprint density at radius 1 is 1.16 bits per heavy atom. The highest BCUT2D eigenvalue weighted by Crippen LogP contribution is 2.31. The number of ether oxygens (including phenoxy) is 2. The Hall–Kier alpha value is -3.19. The number of rotatable bonds is 10. The van der Waals surface area contributed by atoms with Crippen LogP contribution < -0.4 is 10.1 Å². The Morgan fingerprint density at radius 2 is 1.86 bits per heavy atom. The van der Waals surface area contributed by atoms with Crippen molar-refractivity contribution in [3.63, 3.8) is 0 Å². The number of aliphatic hydroxyl groups excluding tert-OH is 1. The summed E-state index contributed by atoms with van der Waals surface area (Å²) in [5.74, 6) is 0.118. The average molecular weight is 621 g/mol. The number of likely N-dealkylation sites (N-methyl/N-ethyl adjacent to an activating group) is 1. The lowest BCUT2D eigenvalue weighted by Gasteiger charge is -2.34. The van der Waals surface area contributed by atoms with Gasteiger partial charge in [-0.05, 0) is 49.9 Å². The lowest BCUT2D eigenvalue weighted by Crippen LogP contribution is -2.47. The number of hydrogen-bond acceptors (Lipinski definition) is 7. The van der Waals surface area contributed by atoms with Crippen molar-refractivity contribution < 1.29 is 37.3 Å². The Morgan fingerprint density at radius 3 is 2.52 bits per heavy atom. The molecule has 2 N–H and O–H groups in total. The summed E-state index contributed by atoms with van der Waals surface area (Å²) < 4.78 is 50.9. The second-order valence-electron chi connectivity index (χ2n) is 11.9. The van der Waals surface area contributed by atoms with Gasteiger partial charge in [0.05, 0.1) is 37.8 Å². The molecular weight excluding hydrogens is 577 g/mol. The maximum Gasteiger partial charge on any atom is 0.416 e. The second-order valence-corrected chi connectivity index (χ2v) is 11.9. The molecule has 44 heavy (non-hydrogen) atoms. The van der Waals surface area contributed by atoms with Gasteiger partial charge < -0.3 is 24.8 Å². The third-order valence-electron chi connectivity index (χ3n) is 8.18. The van der Waals surface area contributed by atoms with E-state index in [1.165, 1.54) is 12.1 Å². The summed E-state index contributed by atoms with van der Waals surface area (Å²) in [6.07, 6.45) is -4.39. The van der Waals surface area contributed by atoms with Gasteiger partial charge in [0.25, 0.3) is 0 Å². The molecule has 1 fully saturated rings. The SMILES string of the molecule is C[C@H](CO)N1C[C@H](C)[C@H](CN(C)Cc2ccc(C(F)(F)F)cc2)Oc2ccc(NC(=O)CCN3CCOCC3)cc2CC1=O. The van der Waals surface area contributed by atoms with Gasteiger partial charge in [-0.15, -0.1) is 0 Å². The van der Waals surface area contributed by atoms with E-state index < -0.39 is 17.8 Å². The van der Waals surface area contributed by atoms with Crippen molar-refractivity contribution in [1.29, 1.82) is 0 Å². The average Bonchev–Trinajstić information content (AvgIpc) is 3.03. The Balaban J connectivity index is 1.49. The highest BCUT2D eigenvalue weighted by molar-refractivity contribution is 5.91. The van der Waals surface area contributed by atoms with Crippen LogP contribution in [-0.4, -0.2) is 103 Å². The molecular formula is C32H43F3N4O5. The molecule has 2 aromatic carbocycles. The van der Waals surface area contributed by atoms with Crippen molar-refractivity contribution in [2.45, 2.75) is 51.6 Å². The fraction of sp³-hybridized carbons (Fsp3) is 0.562. The molecule has 0 bridgehead atoms. The molecule has 0 saturated carbocycles. The van der Waals surface area contributed by atoms with Crippen molar-refractivity contribution in [2.24, 2.45) is 5.92 Å². The largest absolute Gasteiger partial charge is 0.488 e. The first-order valence-electron chi connectivity index (χ1n) is 15.1. The quantitative estimate of drug-likeness (QED) is 0.419. The molecule has 12 heteroatoms. The zero-order valence-electron chi connectivity index (χ0n) is 25.6. The van der Waals surface area contributed by atoms with Crippen molar-refractivity contribution >= 4 is 17.5 Å². The van der Waals surface area contributed by atoms with Crippen LogP contribution >= 0.6 is 0 Å². The van der Waals surface area contributed by atoms with Crippen LogP contribution in [0.25, 0.3) is 0 Å². The number of halogens is 3. The first-order valence-corrected chi connectivity index (χ1v) is 15.1. The molecule has 4 rings (SSSR count). The van der Waals surface area contributed by atoms with Gasteiger partial charge in [0, 0.05) is 62.9 Å². The first-order chi connectivity index (χ1) is 20.9. The van der Waals surface area contributed by atoms with Gasteiger partial charge in [-0.1, -0.05) is 19.1 Å². The predicted molar refractivity (Wildman–Crippen MR) is 160 cm³/mol. The van der Waals surface area contributed by atoms with E-state index in [4.69, 9.17) is 9.47 Å². The summed E-state index contributed by atoms with van der Waals surface area (Å²) in [6, 6.07) is 10.00. The molecule has 2 aliphatic heterocycles. The zero-order valence-corrected chi connectivity index (χ0v) is 25.6. The molecule has 0 radical (unpaired) electrons. The number of benzene rings is 2. The van der Waals surface area contributed by atoms with E-state index in [0.717, 1.165) is 30.8 Å². The molecule has 2 aromatic rings. The smallest absolute Gasteiger partial charge is 0.416 e. The van der Waals surface area contributed by atoms with Gasteiger partial charge in [-0.2, -0.15) is 13.2 Å². The standard InChI is InChI=1S/C32H43F3N4O5/c1-22-18-39(23(2)21-40)31(42)17-25-16-27(36-30(41)10-11-38-12-14-43-15-13-38)8-9-28(25)44-29(22)20-37(3)19-24-4-6-26(7-5-24)32(33,34)35/h4-9,16,22-23,29,40H,10-15,17-21H2,1-3H3,(H,36,41)/t22-,23+,29-/m0/s1. The molecule has 0 aromatic heterocycles. The summed E-state index contributed by atoms with van der Waals surface area (Å²) in [4.78, 5) is 32.0. The number of carbonyl (C=O) groups is 2. The van der Waals surface area contributed by atoms with Crippen molar-refractivity contribution in [1.82, 2.24) is 14.7 Å². The summed E-state index contributed by atoms with van der Waals surface area (Å²) in [5, 5.41) is 12.8. The second kappa shape index (κ2) is 15.2. The number of fused-ring (bicyclic) bond motifs is 1. The summed E-state index contributed by atoms with van der Waals surface area (Å²) in [7, 11) is 1.87. The Kier molecular flexibility index (Phi) is 11.6. The first kappa shape index (κ1) is 33.7. The minimum absolute atomic E-state index is 0.0397. The van der Waals surface area contributed by atoms with Gasteiger partial charge >= 0.3 is 6.18 Å². The molecule has 0 aliphatic carbocycles. The lowest BCUT2D eigenvalue weighted by molar-refractivity contribution is -0.137. The van der Waals surface area contributed by atoms with Crippen LogP contribution in [-0.2, 0) is 33.5 Å². The van der Waals surface area contributed by atoms with E-state index in [9.17, 15) is 27.9 Å². The summed E-state index contributed by atoms with van der Waals surface area (Å²) >= 11 is 0. The van der Waals surface area contributed by atoms with E-state index in [-0.39, 0.29) is 36.9 Å². The van der Waals surface area contributed by atoms with Crippen molar-refractivity contribution in [3.05, 3.63) is 59.2 Å². The Labute approximate surface area is 256 Å². The number of anilines is 1. The monoisotopic (exact) mass is 620 g/mol. The molecule has 9 nitrogen and oxygen atoms in total. The predicted octanol–water partition coefficient (Wildman–Crippen LogP) is 3.65. The van der Waals surface area contributed by atoms with Crippen molar-refractivity contribution in [3.8, 4) is 5.75 Å². The van der Waals surface area contributed by atoms with Gasteiger partial charge in [-0.3, -0.25) is 19.4 Å². The number of carbonyl (C=O) groups excluding carboxylic acids is 2. The minimum atomic E-state index is -4.39. The number of hydrogen-bond donors (Lipinski definition) is 2. The van der Waals surface area contributed by atoms with Crippen molar-refractivity contribution in [2.75, 3.05) is 64.9 Å². The maximum atomic E-state index is 13.5. The van der Waals surface area contributed by atoms with E-state index in [0.29, 0.717) is 62.8 Å². The molecule has 0 spiro atoms. The molecule has 3 atom stereocenters. The summed E-state index contributed by atoms with van der Waals surface area (Å²) in [5.41, 5.74) is 1.23. The van der Waals surface area contributed by atoms with Crippen LogP contribution in [0.5, 0.6) is 5.75 Å². The van der Waals surface area contributed by atoms with Crippen LogP contribution in [0.15, 0.2) is 42.5 Å². The molecule has 2 amide bonds. The van der Waals surface area contributed by atoms with Crippen LogP contribution in [0.2, 0.25) is 0 Å². The number of nitrogens with zero attached hydrogens (tertiary/aromatic N) is 3. The zero-order chi connectivity index (χ0) is 31.9. The number of alkyl halides is 3. The molecule has 242 valence electrons. The lowest BCUT2D eigenvalue weighted by atomic mass is 10.0. The van der Waals surface area contributed by atoms with E-state index >= 15 is 0 Å². The fourth-order valence-electron chi connectivity index (χ4n) is 5.52. The number of morpholine rings is 1. The van der Waals surface area contributed by atoms with E-state index in [2.05, 4.69) is 10.2 Å². The Bertz CT molecular complexity index is 1250. The van der Waals surface area contributed by atoms with Gasteiger partial charge in [-0.25, -0.2) is 0 Å². The molecule has 2 heterocycles. The van der Waals surface area contributed by atoms with Gasteiger partial charge in [0.1, 0.15) is 11.9 Å². The van der Waals surface area contributed by atoms with Gasteiger partial charge in [0.15, 0.2) is 0 Å².